The van der Waals surface area contributed by atoms with Crippen LogP contribution in [0, 0.1) is 0 Å². The summed E-state index contributed by atoms with van der Waals surface area (Å²) in [5, 5.41) is 5.68. The van der Waals surface area contributed by atoms with E-state index in [0.29, 0.717) is 5.82 Å². The van der Waals surface area contributed by atoms with Gasteiger partial charge in [0.15, 0.2) is 0 Å². The maximum Gasteiger partial charge on any atom is 0.320 e. The number of aromatic nitrogens is 2. The van der Waals surface area contributed by atoms with Crippen LogP contribution in [0.2, 0.25) is 5.35 Å². The maximum atomic E-state index is 5.47. The molecule has 3 nitrogen and oxygen atoms in total. The lowest BCUT2D eigenvalue weighted by Gasteiger charge is -1.80. The van der Waals surface area contributed by atoms with Gasteiger partial charge >= 0.3 is 5.35 Å². The van der Waals surface area contributed by atoms with Gasteiger partial charge in [0.1, 0.15) is 0 Å². The van der Waals surface area contributed by atoms with Gasteiger partial charge in [0.25, 0.3) is 0 Å². The topological polar surface area (TPSA) is 38.9 Å². The van der Waals surface area contributed by atoms with Crippen LogP contribution in [-0.4, -0.2) is 10.1 Å². The molecule has 0 atom stereocenters. The van der Waals surface area contributed by atoms with Gasteiger partial charge in [-0.15, -0.1) is 11.3 Å². The molecule has 0 aliphatic heterocycles. The largest absolute Gasteiger partial charge is 0.321 e. The molecule has 0 fully saturated rings. The van der Waals surface area contributed by atoms with Crippen LogP contribution < -0.4 is 0 Å². The molecule has 0 saturated carbocycles. The standard InChI is InChI=1S/C6H2BrClN2OS/c7-3-1-4(12-2-3)5-9-6(8)11-10-5/h1-2H. The fraction of sp³-hybridized carbons (Fsp3) is 0. The van der Waals surface area contributed by atoms with E-state index >= 15 is 0 Å². The van der Waals surface area contributed by atoms with Gasteiger partial charge in [0, 0.05) is 9.85 Å². The van der Waals surface area contributed by atoms with Gasteiger partial charge in [-0.2, -0.15) is 4.98 Å². The van der Waals surface area contributed by atoms with E-state index in [2.05, 4.69) is 30.6 Å². The van der Waals surface area contributed by atoms with Gasteiger partial charge < -0.3 is 4.52 Å². The van der Waals surface area contributed by atoms with E-state index in [0.717, 1.165) is 9.35 Å². The number of thiophene rings is 1. The third-order valence-electron chi connectivity index (χ3n) is 1.19. The van der Waals surface area contributed by atoms with E-state index in [-0.39, 0.29) is 5.35 Å². The highest BCUT2D eigenvalue weighted by Gasteiger charge is 2.08. The van der Waals surface area contributed by atoms with Gasteiger partial charge in [-0.1, -0.05) is 5.16 Å². The summed E-state index contributed by atoms with van der Waals surface area (Å²) < 4.78 is 5.63. The van der Waals surface area contributed by atoms with Crippen LogP contribution in [-0.2, 0) is 0 Å². The number of hydrogen-bond acceptors (Lipinski definition) is 4. The molecule has 0 bridgehead atoms. The molecule has 12 heavy (non-hydrogen) atoms. The molecule has 0 aromatic carbocycles. The van der Waals surface area contributed by atoms with Crippen molar-refractivity contribution in [3.63, 3.8) is 0 Å². The van der Waals surface area contributed by atoms with Crippen molar-refractivity contribution in [3.8, 4) is 10.7 Å². The molecule has 2 aromatic heterocycles. The van der Waals surface area contributed by atoms with Crippen LogP contribution in [0.5, 0.6) is 0 Å². The fourth-order valence-electron chi connectivity index (χ4n) is 0.735. The smallest absolute Gasteiger partial charge is 0.320 e. The Labute approximate surface area is 85.5 Å². The Hall–Kier alpha value is -0.390. The lowest BCUT2D eigenvalue weighted by atomic mass is 10.4. The molecule has 2 heterocycles. The van der Waals surface area contributed by atoms with Gasteiger partial charge in [-0.3, -0.25) is 0 Å². The minimum absolute atomic E-state index is 0.0644. The van der Waals surface area contributed by atoms with Gasteiger partial charge in [-0.05, 0) is 33.6 Å². The molecule has 2 rings (SSSR count). The summed E-state index contributed by atoms with van der Waals surface area (Å²) in [5.74, 6) is 0.524. The predicted octanol–water partition coefficient (Wildman–Crippen LogP) is 3.21. The first-order valence-electron chi connectivity index (χ1n) is 2.99. The third-order valence-corrected chi connectivity index (χ3v) is 3.03. The second kappa shape index (κ2) is 3.16. The van der Waals surface area contributed by atoms with Crippen molar-refractivity contribution >= 4 is 38.9 Å². The SMILES string of the molecule is Clc1nc(-c2cc(Br)cs2)no1. The first kappa shape index (κ1) is 8.22. The average molecular weight is 266 g/mol. The average Bonchev–Trinajstić information content (AvgIpc) is 2.58. The van der Waals surface area contributed by atoms with E-state index in [9.17, 15) is 0 Å². The summed E-state index contributed by atoms with van der Waals surface area (Å²) in [6.45, 7) is 0. The molecule has 0 amide bonds. The van der Waals surface area contributed by atoms with Gasteiger partial charge in [-0.25, -0.2) is 0 Å². The molecule has 0 aliphatic rings. The Kier molecular flexibility index (Phi) is 2.16. The predicted molar refractivity (Wildman–Crippen MR) is 50.3 cm³/mol. The van der Waals surface area contributed by atoms with E-state index in [1.807, 2.05) is 11.4 Å². The summed E-state index contributed by atoms with van der Waals surface area (Å²) in [6.07, 6.45) is 0. The first-order valence-corrected chi connectivity index (χ1v) is 5.04. The zero-order valence-electron chi connectivity index (χ0n) is 5.62. The minimum atomic E-state index is 0.0644. The van der Waals surface area contributed by atoms with Crippen LogP contribution in [0.4, 0.5) is 0 Å². The Bertz CT molecular complexity index is 361. The summed E-state index contributed by atoms with van der Waals surface area (Å²) in [6, 6.07) is 1.91. The molecule has 0 N–H and O–H groups in total. The Balaban J connectivity index is 2.43. The lowest BCUT2D eigenvalue weighted by Crippen LogP contribution is -1.72. The van der Waals surface area contributed by atoms with Crippen molar-refractivity contribution in [1.29, 1.82) is 0 Å². The van der Waals surface area contributed by atoms with Crippen LogP contribution in [0.25, 0.3) is 10.7 Å². The van der Waals surface area contributed by atoms with Crippen molar-refractivity contribution < 1.29 is 4.52 Å². The molecule has 0 unspecified atom stereocenters. The minimum Gasteiger partial charge on any atom is -0.321 e. The van der Waals surface area contributed by atoms with Crippen molar-refractivity contribution in [2.45, 2.75) is 0 Å². The van der Waals surface area contributed by atoms with Crippen LogP contribution >= 0.6 is 38.9 Å². The van der Waals surface area contributed by atoms with Gasteiger partial charge in [0.05, 0.1) is 4.88 Å². The number of nitrogens with zero attached hydrogens (tertiary/aromatic N) is 2. The zero-order chi connectivity index (χ0) is 8.55. The van der Waals surface area contributed by atoms with Crippen LogP contribution in [0.1, 0.15) is 0 Å². The van der Waals surface area contributed by atoms with Crippen molar-refractivity contribution in [1.82, 2.24) is 10.1 Å². The monoisotopic (exact) mass is 264 g/mol. The van der Waals surface area contributed by atoms with E-state index in [1.54, 1.807) is 0 Å². The molecular formula is C6H2BrClN2OS. The fourth-order valence-corrected chi connectivity index (χ4v) is 2.20. The third kappa shape index (κ3) is 1.53. The molecule has 6 heteroatoms. The normalized spacial score (nSPS) is 10.5. The Morgan fingerprint density at radius 2 is 2.42 bits per heavy atom. The Morgan fingerprint density at radius 3 is 2.92 bits per heavy atom. The van der Waals surface area contributed by atoms with E-state index in [4.69, 9.17) is 11.6 Å². The molecule has 0 spiro atoms. The second-order valence-electron chi connectivity index (χ2n) is 2.00. The van der Waals surface area contributed by atoms with Crippen molar-refractivity contribution in [2.75, 3.05) is 0 Å². The summed E-state index contributed by atoms with van der Waals surface area (Å²) >= 11 is 10.3. The summed E-state index contributed by atoms with van der Waals surface area (Å²) in [5.41, 5.74) is 0. The quantitative estimate of drug-likeness (QED) is 0.795. The molecule has 0 saturated heterocycles. The second-order valence-corrected chi connectivity index (χ2v) is 4.15. The summed E-state index contributed by atoms with van der Waals surface area (Å²) in [4.78, 5) is 4.80. The van der Waals surface area contributed by atoms with Gasteiger partial charge in [0.2, 0.25) is 5.82 Å². The molecular weight excluding hydrogens is 264 g/mol. The highest BCUT2D eigenvalue weighted by Crippen LogP contribution is 2.28. The van der Waals surface area contributed by atoms with Crippen molar-refractivity contribution in [3.05, 3.63) is 21.3 Å². The molecule has 2 aromatic rings. The van der Waals surface area contributed by atoms with E-state index < -0.39 is 0 Å². The molecule has 0 radical (unpaired) electrons. The molecule has 62 valence electrons. The molecule has 0 aliphatic carbocycles. The van der Waals surface area contributed by atoms with Crippen LogP contribution in [0.3, 0.4) is 0 Å². The van der Waals surface area contributed by atoms with Crippen molar-refractivity contribution in [2.24, 2.45) is 0 Å². The maximum absolute atomic E-state index is 5.47. The Morgan fingerprint density at radius 1 is 1.58 bits per heavy atom. The summed E-state index contributed by atoms with van der Waals surface area (Å²) in [7, 11) is 0. The van der Waals surface area contributed by atoms with E-state index in [1.165, 1.54) is 11.3 Å². The highest BCUT2D eigenvalue weighted by molar-refractivity contribution is 9.10. The zero-order valence-corrected chi connectivity index (χ0v) is 8.78. The number of hydrogen-bond donors (Lipinski definition) is 0. The van der Waals surface area contributed by atoms with Crippen LogP contribution in [0.15, 0.2) is 20.4 Å². The number of halogens is 2. The highest BCUT2D eigenvalue weighted by atomic mass is 79.9. The first-order chi connectivity index (χ1) is 5.75. The lowest BCUT2D eigenvalue weighted by molar-refractivity contribution is 0.421. The number of rotatable bonds is 1.